The Bertz CT molecular complexity index is 413. The Balaban J connectivity index is 2.07. The summed E-state index contributed by atoms with van der Waals surface area (Å²) in [7, 11) is 0. The summed E-state index contributed by atoms with van der Waals surface area (Å²) in [6.45, 7) is 4.30. The predicted molar refractivity (Wildman–Crippen MR) is 77.8 cm³/mol. The van der Waals surface area contributed by atoms with E-state index in [1.165, 1.54) is 25.7 Å². The van der Waals surface area contributed by atoms with Crippen LogP contribution in [0.5, 0.6) is 0 Å². The van der Waals surface area contributed by atoms with Crippen molar-refractivity contribution in [2.75, 3.05) is 18.0 Å². The minimum absolute atomic E-state index is 0.328. The van der Waals surface area contributed by atoms with Crippen LogP contribution in [-0.4, -0.2) is 28.0 Å². The highest BCUT2D eigenvalue weighted by atomic mass is 32.1. The molecule has 4 nitrogen and oxygen atoms in total. The van der Waals surface area contributed by atoms with Gasteiger partial charge in [-0.15, -0.1) is 0 Å². The van der Waals surface area contributed by atoms with Crippen molar-refractivity contribution >= 4 is 23.0 Å². The maximum absolute atomic E-state index is 5.70. The molecule has 0 amide bonds. The summed E-state index contributed by atoms with van der Waals surface area (Å²) >= 11 is 5.03. The zero-order chi connectivity index (χ0) is 13.0. The van der Waals surface area contributed by atoms with E-state index < -0.39 is 0 Å². The summed E-state index contributed by atoms with van der Waals surface area (Å²) in [6.07, 6.45) is 8.39. The lowest BCUT2D eigenvalue weighted by Gasteiger charge is -2.33. The fourth-order valence-electron chi connectivity index (χ4n) is 2.58. The van der Waals surface area contributed by atoms with Crippen LogP contribution < -0.4 is 10.6 Å². The number of hydrogen-bond donors (Lipinski definition) is 1. The lowest BCUT2D eigenvalue weighted by Crippen LogP contribution is -2.36. The van der Waals surface area contributed by atoms with E-state index in [1.54, 1.807) is 12.4 Å². The largest absolute Gasteiger partial charge is 0.388 e. The van der Waals surface area contributed by atoms with E-state index in [4.69, 9.17) is 18.0 Å². The molecule has 18 heavy (non-hydrogen) atoms. The summed E-state index contributed by atoms with van der Waals surface area (Å²) in [5.74, 6) is 1.70. The number of thiocarbonyl (C=S) groups is 1. The Kier molecular flexibility index (Phi) is 4.47. The molecular weight excluding hydrogens is 244 g/mol. The van der Waals surface area contributed by atoms with Crippen molar-refractivity contribution in [1.82, 2.24) is 9.97 Å². The fourth-order valence-corrected chi connectivity index (χ4v) is 2.72. The molecule has 0 atom stereocenters. The van der Waals surface area contributed by atoms with Crippen molar-refractivity contribution in [3.63, 3.8) is 0 Å². The van der Waals surface area contributed by atoms with Gasteiger partial charge in [0.25, 0.3) is 0 Å². The number of rotatable bonds is 4. The highest BCUT2D eigenvalue weighted by Gasteiger charge is 2.22. The molecule has 2 N–H and O–H groups in total. The number of hydrogen-bond acceptors (Lipinski definition) is 4. The van der Waals surface area contributed by atoms with Crippen molar-refractivity contribution in [1.29, 1.82) is 0 Å². The number of nitrogens with zero attached hydrogens (tertiary/aromatic N) is 3. The fraction of sp³-hybridized carbons (Fsp3) is 0.615. The first-order chi connectivity index (χ1) is 8.72. The van der Waals surface area contributed by atoms with Crippen molar-refractivity contribution in [3.05, 3.63) is 18.1 Å². The molecule has 1 aliphatic heterocycles. The van der Waals surface area contributed by atoms with Crippen LogP contribution in [0.1, 0.15) is 38.3 Å². The number of aromatic nitrogens is 2. The smallest absolute Gasteiger partial charge is 0.157 e. The maximum Gasteiger partial charge on any atom is 0.157 e. The second-order valence-corrected chi connectivity index (χ2v) is 5.25. The average Bonchev–Trinajstić information content (AvgIpc) is 2.40. The SMILES string of the molecule is CCCC1CCN(c2nccnc2C(N)=S)CC1. The van der Waals surface area contributed by atoms with Gasteiger partial charge in [-0.25, -0.2) is 9.97 Å². The van der Waals surface area contributed by atoms with Gasteiger partial charge in [0, 0.05) is 25.5 Å². The molecule has 2 heterocycles. The van der Waals surface area contributed by atoms with Crippen LogP contribution >= 0.6 is 12.2 Å². The van der Waals surface area contributed by atoms with Crippen molar-refractivity contribution < 1.29 is 0 Å². The third kappa shape index (κ3) is 2.96. The molecule has 0 saturated carbocycles. The molecular formula is C13H20N4S. The Morgan fingerprint density at radius 2 is 2.06 bits per heavy atom. The maximum atomic E-state index is 5.70. The van der Waals surface area contributed by atoms with Crippen molar-refractivity contribution in [2.24, 2.45) is 11.7 Å². The van der Waals surface area contributed by atoms with Crippen LogP contribution in [0.4, 0.5) is 5.82 Å². The van der Waals surface area contributed by atoms with E-state index in [9.17, 15) is 0 Å². The van der Waals surface area contributed by atoms with Crippen LogP contribution in [0.25, 0.3) is 0 Å². The van der Waals surface area contributed by atoms with E-state index in [1.807, 2.05) is 0 Å². The highest BCUT2D eigenvalue weighted by molar-refractivity contribution is 7.80. The van der Waals surface area contributed by atoms with Crippen molar-refractivity contribution in [3.8, 4) is 0 Å². The Labute approximate surface area is 114 Å². The zero-order valence-electron chi connectivity index (χ0n) is 10.8. The molecule has 0 unspecified atom stereocenters. The van der Waals surface area contributed by atoms with Gasteiger partial charge in [0.2, 0.25) is 0 Å². The van der Waals surface area contributed by atoms with Gasteiger partial charge in [0.15, 0.2) is 5.82 Å². The van der Waals surface area contributed by atoms with Crippen molar-refractivity contribution in [2.45, 2.75) is 32.6 Å². The van der Waals surface area contributed by atoms with Gasteiger partial charge in [-0.3, -0.25) is 0 Å². The monoisotopic (exact) mass is 264 g/mol. The lowest BCUT2D eigenvalue weighted by molar-refractivity contribution is 0.377. The quantitative estimate of drug-likeness (QED) is 0.844. The predicted octanol–water partition coefficient (Wildman–Crippen LogP) is 2.13. The number of anilines is 1. The second-order valence-electron chi connectivity index (χ2n) is 4.81. The Morgan fingerprint density at radius 3 is 2.67 bits per heavy atom. The zero-order valence-corrected chi connectivity index (χ0v) is 11.6. The van der Waals surface area contributed by atoms with Gasteiger partial charge in [0.1, 0.15) is 10.7 Å². The first-order valence-corrected chi connectivity index (χ1v) is 6.99. The van der Waals surface area contributed by atoms with Crippen LogP contribution in [0.2, 0.25) is 0 Å². The van der Waals surface area contributed by atoms with E-state index in [0.717, 1.165) is 24.8 Å². The molecule has 5 heteroatoms. The third-order valence-electron chi connectivity index (χ3n) is 3.52. The van der Waals surface area contributed by atoms with Crippen LogP contribution in [-0.2, 0) is 0 Å². The Hall–Kier alpha value is -1.23. The first-order valence-electron chi connectivity index (χ1n) is 6.58. The molecule has 0 aromatic carbocycles. The first kappa shape index (κ1) is 13.2. The van der Waals surface area contributed by atoms with E-state index in [0.29, 0.717) is 10.7 Å². The molecule has 0 spiro atoms. The summed E-state index contributed by atoms with van der Waals surface area (Å²) < 4.78 is 0. The molecule has 0 bridgehead atoms. The molecule has 1 aliphatic rings. The lowest BCUT2D eigenvalue weighted by atomic mass is 9.92. The minimum Gasteiger partial charge on any atom is -0.388 e. The van der Waals surface area contributed by atoms with Gasteiger partial charge >= 0.3 is 0 Å². The van der Waals surface area contributed by atoms with E-state index >= 15 is 0 Å². The third-order valence-corrected chi connectivity index (χ3v) is 3.72. The van der Waals surface area contributed by atoms with Gasteiger partial charge in [-0.05, 0) is 18.8 Å². The Morgan fingerprint density at radius 1 is 1.39 bits per heavy atom. The molecule has 0 radical (unpaired) electrons. The summed E-state index contributed by atoms with van der Waals surface area (Å²) in [4.78, 5) is 11.2. The number of nitrogens with two attached hydrogens (primary N) is 1. The summed E-state index contributed by atoms with van der Waals surface area (Å²) in [5, 5.41) is 0. The topological polar surface area (TPSA) is 55.0 Å². The van der Waals surface area contributed by atoms with Gasteiger partial charge in [0.05, 0.1) is 0 Å². The van der Waals surface area contributed by atoms with Gasteiger partial charge < -0.3 is 10.6 Å². The minimum atomic E-state index is 0.328. The summed E-state index contributed by atoms with van der Waals surface area (Å²) in [6, 6.07) is 0. The molecule has 1 fully saturated rings. The molecule has 2 rings (SSSR count). The van der Waals surface area contributed by atoms with Crippen LogP contribution in [0, 0.1) is 5.92 Å². The highest BCUT2D eigenvalue weighted by Crippen LogP contribution is 2.25. The molecule has 1 aromatic rings. The molecule has 1 aromatic heterocycles. The molecule has 98 valence electrons. The summed E-state index contributed by atoms with van der Waals surface area (Å²) in [5.41, 5.74) is 6.35. The van der Waals surface area contributed by atoms with Crippen LogP contribution in [0.3, 0.4) is 0 Å². The average molecular weight is 264 g/mol. The molecule has 0 aliphatic carbocycles. The standard InChI is InChI=1S/C13H20N4S/c1-2-3-10-4-8-17(9-5-10)13-11(12(14)18)15-6-7-16-13/h6-7,10H,2-5,8-9H2,1H3,(H2,14,18). The van der Waals surface area contributed by atoms with Crippen LogP contribution in [0.15, 0.2) is 12.4 Å². The normalized spacial score (nSPS) is 16.8. The van der Waals surface area contributed by atoms with Gasteiger partial charge in [-0.1, -0.05) is 32.0 Å². The van der Waals surface area contributed by atoms with E-state index in [-0.39, 0.29) is 0 Å². The number of piperidine rings is 1. The molecule has 1 saturated heterocycles. The van der Waals surface area contributed by atoms with Gasteiger partial charge in [-0.2, -0.15) is 0 Å². The second kappa shape index (κ2) is 6.09. The van der Waals surface area contributed by atoms with E-state index in [2.05, 4.69) is 21.8 Å².